The minimum absolute atomic E-state index is 0.362. The lowest BCUT2D eigenvalue weighted by Crippen LogP contribution is -2.39. The molecule has 0 spiro atoms. The predicted octanol–water partition coefficient (Wildman–Crippen LogP) is 2.48. The van der Waals surface area contributed by atoms with E-state index in [1.165, 1.54) is 25.7 Å². The topological polar surface area (TPSA) is 48.9 Å². The molecule has 0 heterocycles. The Morgan fingerprint density at radius 1 is 1.17 bits per heavy atom. The molecule has 1 fully saturated rings. The van der Waals surface area contributed by atoms with Crippen LogP contribution >= 0.6 is 0 Å². The second-order valence-corrected chi connectivity index (χ2v) is 6.93. The van der Waals surface area contributed by atoms with Gasteiger partial charge in [0.2, 0.25) is 0 Å². The molecule has 0 amide bonds. The average molecular weight is 327 g/mol. The summed E-state index contributed by atoms with van der Waals surface area (Å²) in [6, 6.07) is 0. The number of nitrogens with one attached hydrogen (secondary N) is 2. The molecule has 1 aliphatic carbocycles. The Bertz CT molecular complexity index is 325. The molecule has 0 aliphatic heterocycles. The average Bonchev–Trinajstić information content (AvgIpc) is 2.98. The van der Waals surface area contributed by atoms with Crippen LogP contribution in [0.25, 0.3) is 0 Å². The molecule has 23 heavy (non-hydrogen) atoms. The molecular weight excluding hydrogens is 288 g/mol. The lowest BCUT2D eigenvalue weighted by atomic mass is 9.83. The fourth-order valence-corrected chi connectivity index (χ4v) is 3.24. The van der Waals surface area contributed by atoms with Crippen molar-refractivity contribution in [2.24, 2.45) is 10.4 Å². The molecule has 0 atom stereocenters. The summed E-state index contributed by atoms with van der Waals surface area (Å²) in [7, 11) is 4.23. The number of ether oxygens (including phenoxy) is 1. The van der Waals surface area contributed by atoms with Crippen LogP contribution in [0.3, 0.4) is 0 Å². The minimum Gasteiger partial charge on any atom is -0.382 e. The molecule has 5 nitrogen and oxygen atoms in total. The van der Waals surface area contributed by atoms with Gasteiger partial charge in [0.15, 0.2) is 5.96 Å². The van der Waals surface area contributed by atoms with E-state index in [0.29, 0.717) is 5.41 Å². The van der Waals surface area contributed by atoms with E-state index in [-0.39, 0.29) is 0 Å². The summed E-state index contributed by atoms with van der Waals surface area (Å²) in [6.45, 7) is 9.78. The molecule has 0 unspecified atom stereocenters. The van der Waals surface area contributed by atoms with E-state index in [1.807, 2.05) is 0 Å². The Balaban J connectivity index is 2.48. The van der Waals surface area contributed by atoms with Crippen LogP contribution in [0.15, 0.2) is 4.99 Å². The van der Waals surface area contributed by atoms with Gasteiger partial charge in [0.25, 0.3) is 0 Å². The van der Waals surface area contributed by atoms with E-state index in [4.69, 9.17) is 9.73 Å². The van der Waals surface area contributed by atoms with Crippen molar-refractivity contribution in [1.29, 1.82) is 0 Å². The van der Waals surface area contributed by atoms with Crippen molar-refractivity contribution >= 4 is 5.96 Å². The van der Waals surface area contributed by atoms with Crippen LogP contribution in [0, 0.1) is 5.41 Å². The van der Waals surface area contributed by atoms with Gasteiger partial charge in [0.05, 0.1) is 0 Å². The first-order valence-corrected chi connectivity index (χ1v) is 9.36. The first-order chi connectivity index (χ1) is 11.1. The number of nitrogens with zero attached hydrogens (tertiary/aromatic N) is 2. The number of rotatable bonds is 11. The van der Waals surface area contributed by atoms with Gasteiger partial charge < -0.3 is 20.3 Å². The molecule has 0 bridgehead atoms. The Hall–Kier alpha value is -0.810. The fourth-order valence-electron chi connectivity index (χ4n) is 3.24. The standard InChI is InChI=1S/C18H38N4O/c1-5-19-17(20-13-9-14-22(3)4)21-16-18(10-7-8-11-18)12-15-23-6-2/h5-16H2,1-4H3,(H2,19,20,21). The van der Waals surface area contributed by atoms with Gasteiger partial charge in [-0.3, -0.25) is 4.99 Å². The van der Waals surface area contributed by atoms with Gasteiger partial charge in [-0.05, 0) is 65.6 Å². The van der Waals surface area contributed by atoms with Crippen LogP contribution in [-0.4, -0.2) is 64.3 Å². The summed E-state index contributed by atoms with van der Waals surface area (Å²) >= 11 is 0. The normalized spacial score (nSPS) is 17.7. The van der Waals surface area contributed by atoms with E-state index in [1.54, 1.807) is 0 Å². The van der Waals surface area contributed by atoms with Crippen molar-refractivity contribution < 1.29 is 4.74 Å². The van der Waals surface area contributed by atoms with Crippen LogP contribution in [0.4, 0.5) is 0 Å². The van der Waals surface area contributed by atoms with Crippen LogP contribution < -0.4 is 10.6 Å². The third kappa shape index (κ3) is 8.56. The van der Waals surface area contributed by atoms with Gasteiger partial charge in [-0.25, -0.2) is 0 Å². The molecule has 5 heteroatoms. The highest BCUT2D eigenvalue weighted by Crippen LogP contribution is 2.41. The van der Waals surface area contributed by atoms with Gasteiger partial charge >= 0.3 is 0 Å². The first-order valence-electron chi connectivity index (χ1n) is 9.36. The number of guanidine groups is 1. The zero-order valence-corrected chi connectivity index (χ0v) is 15.8. The highest BCUT2D eigenvalue weighted by molar-refractivity contribution is 5.79. The first kappa shape index (κ1) is 20.2. The zero-order valence-electron chi connectivity index (χ0n) is 15.8. The van der Waals surface area contributed by atoms with E-state index < -0.39 is 0 Å². The van der Waals surface area contributed by atoms with E-state index in [9.17, 15) is 0 Å². The third-order valence-electron chi connectivity index (χ3n) is 4.64. The Kier molecular flexibility index (Phi) is 10.3. The lowest BCUT2D eigenvalue weighted by molar-refractivity contribution is 0.107. The Morgan fingerprint density at radius 2 is 1.91 bits per heavy atom. The van der Waals surface area contributed by atoms with E-state index in [2.05, 4.69) is 43.5 Å². The molecular formula is C18H38N4O. The molecule has 0 aromatic rings. The van der Waals surface area contributed by atoms with Crippen molar-refractivity contribution in [2.45, 2.75) is 52.4 Å². The molecule has 0 radical (unpaired) electrons. The van der Waals surface area contributed by atoms with Crippen LogP contribution in [0.2, 0.25) is 0 Å². The van der Waals surface area contributed by atoms with E-state index in [0.717, 1.165) is 58.2 Å². The number of hydrogen-bond acceptors (Lipinski definition) is 3. The monoisotopic (exact) mass is 326 g/mol. The van der Waals surface area contributed by atoms with Crippen molar-refractivity contribution in [1.82, 2.24) is 15.5 Å². The van der Waals surface area contributed by atoms with Crippen LogP contribution in [-0.2, 0) is 4.74 Å². The smallest absolute Gasteiger partial charge is 0.191 e. The Morgan fingerprint density at radius 3 is 2.52 bits per heavy atom. The van der Waals surface area contributed by atoms with Crippen molar-refractivity contribution in [2.75, 3.05) is 53.5 Å². The van der Waals surface area contributed by atoms with Gasteiger partial charge in [0, 0.05) is 32.8 Å². The highest BCUT2D eigenvalue weighted by atomic mass is 16.5. The van der Waals surface area contributed by atoms with Gasteiger partial charge in [0.1, 0.15) is 0 Å². The molecule has 1 aliphatic rings. The SMILES string of the molecule is CCNC(=NCC1(CCOCC)CCCC1)NCCCN(C)C. The molecule has 0 aromatic carbocycles. The summed E-state index contributed by atoms with van der Waals surface area (Å²) in [5, 5.41) is 6.84. The Labute approximate surface area is 143 Å². The molecule has 0 aromatic heterocycles. The minimum atomic E-state index is 0.362. The number of hydrogen-bond donors (Lipinski definition) is 2. The van der Waals surface area contributed by atoms with Crippen molar-refractivity contribution in [3.05, 3.63) is 0 Å². The second kappa shape index (κ2) is 11.7. The third-order valence-corrected chi connectivity index (χ3v) is 4.64. The molecule has 136 valence electrons. The summed E-state index contributed by atoms with van der Waals surface area (Å²) < 4.78 is 5.59. The fraction of sp³-hybridized carbons (Fsp3) is 0.944. The summed E-state index contributed by atoms with van der Waals surface area (Å²) in [6.07, 6.45) is 7.55. The summed E-state index contributed by atoms with van der Waals surface area (Å²) in [5.74, 6) is 0.967. The maximum Gasteiger partial charge on any atom is 0.191 e. The van der Waals surface area contributed by atoms with Crippen LogP contribution in [0.1, 0.15) is 52.4 Å². The van der Waals surface area contributed by atoms with Crippen molar-refractivity contribution in [3.8, 4) is 0 Å². The van der Waals surface area contributed by atoms with Gasteiger partial charge in [-0.2, -0.15) is 0 Å². The van der Waals surface area contributed by atoms with Gasteiger partial charge in [-0.15, -0.1) is 0 Å². The molecule has 2 N–H and O–H groups in total. The maximum absolute atomic E-state index is 5.59. The lowest BCUT2D eigenvalue weighted by Gasteiger charge is -2.27. The summed E-state index contributed by atoms with van der Waals surface area (Å²) in [5.41, 5.74) is 0.362. The molecule has 0 saturated heterocycles. The highest BCUT2D eigenvalue weighted by Gasteiger charge is 2.33. The maximum atomic E-state index is 5.59. The van der Waals surface area contributed by atoms with Crippen LogP contribution in [0.5, 0.6) is 0 Å². The summed E-state index contributed by atoms with van der Waals surface area (Å²) in [4.78, 5) is 7.10. The molecule has 1 saturated carbocycles. The molecule has 1 rings (SSSR count). The predicted molar refractivity (Wildman–Crippen MR) is 99.2 cm³/mol. The quantitative estimate of drug-likeness (QED) is 0.348. The van der Waals surface area contributed by atoms with E-state index >= 15 is 0 Å². The zero-order chi connectivity index (χ0) is 17.0. The van der Waals surface area contributed by atoms with Gasteiger partial charge in [-0.1, -0.05) is 12.8 Å². The van der Waals surface area contributed by atoms with Crippen molar-refractivity contribution in [3.63, 3.8) is 0 Å². The second-order valence-electron chi connectivity index (χ2n) is 6.93. The number of aliphatic imine (C=N–C) groups is 1. The largest absolute Gasteiger partial charge is 0.382 e.